The molecule has 2 N–H and O–H groups in total. The summed E-state index contributed by atoms with van der Waals surface area (Å²) in [4.78, 5) is 12.5. The van der Waals surface area contributed by atoms with Crippen LogP contribution in [0, 0.1) is 6.92 Å². The molecule has 0 saturated heterocycles. The molecule has 2 heterocycles. The van der Waals surface area contributed by atoms with E-state index in [1.54, 1.807) is 23.1 Å². The maximum Gasteiger partial charge on any atom is 0.219 e. The van der Waals surface area contributed by atoms with Gasteiger partial charge in [-0.05, 0) is 35.1 Å². The molecular formula is C23H22N4OS2. The van der Waals surface area contributed by atoms with E-state index in [4.69, 9.17) is 5.73 Å². The third-order valence-corrected chi connectivity index (χ3v) is 6.98. The molecule has 0 spiro atoms. The quantitative estimate of drug-likeness (QED) is 0.393. The number of rotatable bonds is 8. The van der Waals surface area contributed by atoms with E-state index in [2.05, 4.69) is 65.7 Å². The van der Waals surface area contributed by atoms with Crippen LogP contribution < -0.4 is 5.73 Å². The Hall–Kier alpha value is -2.90. The number of aromatic nitrogens is 3. The van der Waals surface area contributed by atoms with Crippen LogP contribution in [0.5, 0.6) is 0 Å². The summed E-state index contributed by atoms with van der Waals surface area (Å²) in [5.74, 6) is 0.431. The van der Waals surface area contributed by atoms with Crippen LogP contribution >= 0.6 is 23.1 Å². The first kappa shape index (κ1) is 20.4. The lowest BCUT2D eigenvalue weighted by Gasteiger charge is -2.20. The summed E-state index contributed by atoms with van der Waals surface area (Å²) in [6.07, 6.45) is 0.240. The lowest BCUT2D eigenvalue weighted by molar-refractivity contribution is -0.118. The van der Waals surface area contributed by atoms with Crippen LogP contribution in [0.25, 0.3) is 10.7 Å². The van der Waals surface area contributed by atoms with Crippen molar-refractivity contribution in [3.05, 3.63) is 88.8 Å². The molecule has 0 radical (unpaired) electrons. The van der Waals surface area contributed by atoms with Crippen molar-refractivity contribution < 1.29 is 4.79 Å². The SMILES string of the molecule is Cc1ccccc1C(Sc1nnc(-c2cccs2)n1CCC(N)=O)c1ccccc1. The highest BCUT2D eigenvalue weighted by atomic mass is 32.2. The molecule has 152 valence electrons. The van der Waals surface area contributed by atoms with Gasteiger partial charge >= 0.3 is 0 Å². The fourth-order valence-electron chi connectivity index (χ4n) is 3.31. The van der Waals surface area contributed by atoms with Crippen molar-refractivity contribution in [2.24, 2.45) is 5.73 Å². The number of benzene rings is 2. The van der Waals surface area contributed by atoms with Crippen LogP contribution in [-0.4, -0.2) is 20.7 Å². The van der Waals surface area contributed by atoms with Crippen LogP contribution in [0.4, 0.5) is 0 Å². The van der Waals surface area contributed by atoms with E-state index < -0.39 is 0 Å². The van der Waals surface area contributed by atoms with Gasteiger partial charge in [0.15, 0.2) is 11.0 Å². The molecule has 0 aliphatic carbocycles. The highest BCUT2D eigenvalue weighted by molar-refractivity contribution is 7.99. The predicted molar refractivity (Wildman–Crippen MR) is 122 cm³/mol. The smallest absolute Gasteiger partial charge is 0.219 e. The lowest BCUT2D eigenvalue weighted by atomic mass is 10.0. The number of nitrogens with zero attached hydrogens (tertiary/aromatic N) is 3. The molecule has 2 aromatic carbocycles. The molecule has 1 atom stereocenters. The first-order valence-electron chi connectivity index (χ1n) is 9.66. The van der Waals surface area contributed by atoms with Gasteiger partial charge in [-0.2, -0.15) is 0 Å². The van der Waals surface area contributed by atoms with Crippen molar-refractivity contribution in [2.75, 3.05) is 0 Å². The number of amides is 1. The fraction of sp³-hybridized carbons (Fsp3) is 0.174. The van der Waals surface area contributed by atoms with E-state index in [1.807, 2.05) is 28.1 Å². The minimum absolute atomic E-state index is 0.0557. The summed E-state index contributed by atoms with van der Waals surface area (Å²) in [5, 5.41) is 11.8. The Labute approximate surface area is 184 Å². The number of thioether (sulfide) groups is 1. The van der Waals surface area contributed by atoms with E-state index in [9.17, 15) is 4.79 Å². The molecule has 7 heteroatoms. The van der Waals surface area contributed by atoms with Crippen molar-refractivity contribution in [3.63, 3.8) is 0 Å². The van der Waals surface area contributed by atoms with E-state index in [1.165, 1.54) is 16.7 Å². The van der Waals surface area contributed by atoms with Crippen molar-refractivity contribution in [2.45, 2.75) is 30.3 Å². The van der Waals surface area contributed by atoms with Gasteiger partial charge in [-0.3, -0.25) is 4.79 Å². The average molecular weight is 435 g/mol. The highest BCUT2D eigenvalue weighted by Gasteiger charge is 2.23. The lowest BCUT2D eigenvalue weighted by Crippen LogP contribution is -2.15. The Morgan fingerprint density at radius 1 is 1.07 bits per heavy atom. The standard InChI is InChI=1S/C23H22N4OS2/c1-16-8-5-6-11-18(16)21(17-9-3-2-4-10-17)30-23-26-25-22(19-12-7-15-29-19)27(23)14-13-20(24)28/h2-12,15,21H,13-14H2,1H3,(H2,24,28). The molecule has 4 rings (SSSR count). The monoisotopic (exact) mass is 434 g/mol. The summed E-state index contributed by atoms with van der Waals surface area (Å²) in [6.45, 7) is 2.58. The van der Waals surface area contributed by atoms with Gasteiger partial charge in [0, 0.05) is 13.0 Å². The first-order chi connectivity index (χ1) is 14.6. The topological polar surface area (TPSA) is 73.8 Å². The van der Waals surface area contributed by atoms with Gasteiger partial charge in [-0.15, -0.1) is 21.5 Å². The number of thiophene rings is 1. The molecule has 0 aliphatic rings. The van der Waals surface area contributed by atoms with Gasteiger partial charge < -0.3 is 10.3 Å². The van der Waals surface area contributed by atoms with Crippen LogP contribution in [0.15, 0.2) is 77.3 Å². The maximum atomic E-state index is 11.5. The molecule has 5 nitrogen and oxygen atoms in total. The normalized spacial score (nSPS) is 12.0. The zero-order valence-electron chi connectivity index (χ0n) is 16.6. The minimum Gasteiger partial charge on any atom is -0.370 e. The first-order valence-corrected chi connectivity index (χ1v) is 11.4. The molecular weight excluding hydrogens is 412 g/mol. The Morgan fingerprint density at radius 2 is 1.83 bits per heavy atom. The summed E-state index contributed by atoms with van der Waals surface area (Å²) in [6, 6.07) is 22.8. The van der Waals surface area contributed by atoms with Crippen molar-refractivity contribution in [1.29, 1.82) is 0 Å². The zero-order chi connectivity index (χ0) is 20.9. The van der Waals surface area contributed by atoms with Gasteiger partial charge in [0.05, 0.1) is 10.1 Å². The molecule has 30 heavy (non-hydrogen) atoms. The van der Waals surface area contributed by atoms with Crippen molar-refractivity contribution in [3.8, 4) is 10.7 Å². The summed E-state index contributed by atoms with van der Waals surface area (Å²) in [5.41, 5.74) is 9.08. The number of primary amides is 1. The number of carbonyl (C=O) groups excluding carboxylic acids is 1. The van der Waals surface area contributed by atoms with Gasteiger partial charge in [0.1, 0.15) is 0 Å². The average Bonchev–Trinajstić information content (AvgIpc) is 3.41. The van der Waals surface area contributed by atoms with Gasteiger partial charge in [-0.25, -0.2) is 0 Å². The minimum atomic E-state index is -0.338. The number of aryl methyl sites for hydroxylation is 1. The fourth-order valence-corrected chi connectivity index (χ4v) is 5.32. The second-order valence-corrected chi connectivity index (χ2v) is 8.94. The Kier molecular flexibility index (Phi) is 6.30. The maximum absolute atomic E-state index is 11.5. The predicted octanol–water partition coefficient (Wildman–Crippen LogP) is 5.07. The molecule has 0 fully saturated rings. The second kappa shape index (κ2) is 9.28. The molecule has 2 aromatic heterocycles. The molecule has 1 unspecified atom stereocenters. The van der Waals surface area contributed by atoms with Gasteiger partial charge in [0.25, 0.3) is 0 Å². The molecule has 0 saturated carbocycles. The van der Waals surface area contributed by atoms with E-state index >= 15 is 0 Å². The number of hydrogen-bond acceptors (Lipinski definition) is 5. The number of carbonyl (C=O) groups is 1. The number of nitrogens with two attached hydrogens (primary N) is 1. The molecule has 0 bridgehead atoms. The van der Waals surface area contributed by atoms with E-state index in [0.717, 1.165) is 15.9 Å². The van der Waals surface area contributed by atoms with Crippen LogP contribution in [0.3, 0.4) is 0 Å². The summed E-state index contributed by atoms with van der Waals surface area (Å²) >= 11 is 3.25. The van der Waals surface area contributed by atoms with Gasteiger partial charge in [0.2, 0.25) is 5.91 Å². The largest absolute Gasteiger partial charge is 0.370 e. The number of hydrogen-bond donors (Lipinski definition) is 1. The summed E-state index contributed by atoms with van der Waals surface area (Å²) < 4.78 is 2.01. The van der Waals surface area contributed by atoms with E-state index in [0.29, 0.717) is 6.54 Å². The third kappa shape index (κ3) is 4.47. The summed E-state index contributed by atoms with van der Waals surface area (Å²) in [7, 11) is 0. The van der Waals surface area contributed by atoms with Gasteiger partial charge in [-0.1, -0.05) is 72.4 Å². The Balaban J connectivity index is 1.76. The van der Waals surface area contributed by atoms with Crippen molar-refractivity contribution >= 4 is 29.0 Å². The Morgan fingerprint density at radius 3 is 2.53 bits per heavy atom. The van der Waals surface area contributed by atoms with Crippen LogP contribution in [0.1, 0.15) is 28.4 Å². The Bertz CT molecular complexity index is 1120. The van der Waals surface area contributed by atoms with Crippen molar-refractivity contribution in [1.82, 2.24) is 14.8 Å². The third-order valence-electron chi connectivity index (χ3n) is 4.84. The molecule has 0 aliphatic heterocycles. The van der Waals surface area contributed by atoms with Crippen LogP contribution in [0.2, 0.25) is 0 Å². The van der Waals surface area contributed by atoms with Crippen LogP contribution in [-0.2, 0) is 11.3 Å². The highest BCUT2D eigenvalue weighted by Crippen LogP contribution is 2.42. The molecule has 4 aromatic rings. The molecule has 1 amide bonds. The second-order valence-electron chi connectivity index (χ2n) is 6.92. The van der Waals surface area contributed by atoms with E-state index in [-0.39, 0.29) is 17.6 Å². The zero-order valence-corrected chi connectivity index (χ0v) is 18.2.